The first-order valence-corrected chi connectivity index (χ1v) is 7.89. The number of aliphatic hydroxyl groups excluding tert-OH is 1. The van der Waals surface area contributed by atoms with Crippen molar-refractivity contribution in [2.75, 3.05) is 12.3 Å². The second kappa shape index (κ2) is 8.31. The average Bonchev–Trinajstić information content (AvgIpc) is 2.77. The summed E-state index contributed by atoms with van der Waals surface area (Å²) in [5.74, 6) is -0.888. The Hall–Kier alpha value is -1.72. The molecule has 0 bridgehead atoms. The summed E-state index contributed by atoms with van der Waals surface area (Å²) in [4.78, 5) is 27.8. The molecule has 1 aromatic rings. The van der Waals surface area contributed by atoms with E-state index in [2.05, 4.69) is 4.98 Å². The fraction of sp³-hybridized carbons (Fsp3) is 0.667. The summed E-state index contributed by atoms with van der Waals surface area (Å²) in [7, 11) is 0. The van der Waals surface area contributed by atoms with E-state index in [1.807, 2.05) is 0 Å². The van der Waals surface area contributed by atoms with Gasteiger partial charge in [0.05, 0.1) is 6.61 Å². The zero-order valence-electron chi connectivity index (χ0n) is 14.7. The van der Waals surface area contributed by atoms with Gasteiger partial charge in [-0.25, -0.2) is 4.79 Å². The molecule has 1 aromatic heterocycles. The smallest absolute Gasteiger partial charge is 0.351 e. The van der Waals surface area contributed by atoms with Crippen LogP contribution in [0.15, 0.2) is 17.1 Å². The normalized spacial score (nSPS) is 29.3. The summed E-state index contributed by atoms with van der Waals surface area (Å²) in [5.41, 5.74) is 8.67. The summed E-state index contributed by atoms with van der Waals surface area (Å²) < 4.78 is 11.9. The Kier molecular flexibility index (Phi) is 7.14. The maximum Gasteiger partial charge on any atom is 0.351 e. The average molecular weight is 393 g/mol. The molecule has 6 N–H and O–H groups in total. The number of halogens is 1. The molecule has 2 rings (SSSR count). The number of carbonyl (C=O) groups is 1. The number of nitrogens with zero attached hydrogens (tertiary/aromatic N) is 2. The number of ether oxygens (including phenoxy) is 2. The molecule has 1 fully saturated rings. The lowest BCUT2D eigenvalue weighted by Crippen LogP contribution is -2.51. The van der Waals surface area contributed by atoms with Crippen LogP contribution in [0.1, 0.15) is 27.0 Å². The number of nitrogens with two attached hydrogens (primary N) is 2. The fourth-order valence-corrected chi connectivity index (χ4v) is 2.65. The van der Waals surface area contributed by atoms with E-state index in [1.165, 1.54) is 19.2 Å². The summed E-state index contributed by atoms with van der Waals surface area (Å²) in [6, 6.07) is 0.470. The van der Waals surface area contributed by atoms with Crippen LogP contribution in [0, 0.1) is 5.92 Å². The van der Waals surface area contributed by atoms with Gasteiger partial charge in [0, 0.05) is 6.20 Å². The summed E-state index contributed by atoms with van der Waals surface area (Å²) in [6.45, 7) is 4.32. The van der Waals surface area contributed by atoms with Gasteiger partial charge in [-0.3, -0.25) is 9.36 Å². The minimum atomic E-state index is -1.80. The van der Waals surface area contributed by atoms with Crippen LogP contribution in [0.3, 0.4) is 0 Å². The molecule has 2 heterocycles. The Bertz CT molecular complexity index is 695. The second-order valence-electron chi connectivity index (χ2n) is 6.60. The third-order valence-corrected chi connectivity index (χ3v) is 4.23. The first-order valence-electron chi connectivity index (χ1n) is 7.89. The van der Waals surface area contributed by atoms with E-state index < -0.39 is 48.3 Å². The summed E-state index contributed by atoms with van der Waals surface area (Å²) >= 11 is 0. The van der Waals surface area contributed by atoms with E-state index in [9.17, 15) is 19.8 Å². The number of hydrogen-bond acceptors (Lipinski definition) is 9. The molecule has 5 atom stereocenters. The number of aliphatic hydroxyl groups is 2. The van der Waals surface area contributed by atoms with Crippen LogP contribution in [-0.4, -0.2) is 56.2 Å². The van der Waals surface area contributed by atoms with Crippen molar-refractivity contribution in [3.63, 3.8) is 0 Å². The van der Waals surface area contributed by atoms with Gasteiger partial charge in [-0.2, -0.15) is 4.98 Å². The molecule has 0 spiro atoms. The number of nitrogen functional groups attached to an aromatic ring is 1. The molecule has 26 heavy (non-hydrogen) atoms. The van der Waals surface area contributed by atoms with Gasteiger partial charge < -0.3 is 31.2 Å². The van der Waals surface area contributed by atoms with Crippen LogP contribution in [0.2, 0.25) is 0 Å². The zero-order valence-corrected chi connectivity index (χ0v) is 15.5. The van der Waals surface area contributed by atoms with Crippen molar-refractivity contribution in [1.29, 1.82) is 0 Å². The molecule has 0 aliphatic carbocycles. The zero-order chi connectivity index (χ0) is 18.9. The van der Waals surface area contributed by atoms with Crippen molar-refractivity contribution in [2.24, 2.45) is 11.7 Å². The molecule has 0 aromatic carbocycles. The molecule has 2 unspecified atom stereocenters. The van der Waals surface area contributed by atoms with Gasteiger partial charge in [-0.05, 0) is 18.9 Å². The van der Waals surface area contributed by atoms with Crippen LogP contribution in [-0.2, 0) is 14.3 Å². The molecule has 0 radical (unpaired) electrons. The number of rotatable bonds is 5. The van der Waals surface area contributed by atoms with Gasteiger partial charge in [-0.15, -0.1) is 12.4 Å². The third-order valence-electron chi connectivity index (χ3n) is 4.23. The minimum Gasteiger partial charge on any atom is -0.455 e. The van der Waals surface area contributed by atoms with Crippen LogP contribution >= 0.6 is 12.4 Å². The van der Waals surface area contributed by atoms with Crippen molar-refractivity contribution in [1.82, 2.24) is 9.55 Å². The van der Waals surface area contributed by atoms with Gasteiger partial charge in [-0.1, -0.05) is 13.8 Å². The second-order valence-corrected chi connectivity index (χ2v) is 6.60. The van der Waals surface area contributed by atoms with Crippen molar-refractivity contribution in [3.05, 3.63) is 22.7 Å². The number of esters is 1. The molecule has 1 saturated heterocycles. The Labute approximate surface area is 156 Å². The van der Waals surface area contributed by atoms with Gasteiger partial charge in [0.2, 0.25) is 0 Å². The van der Waals surface area contributed by atoms with Crippen molar-refractivity contribution < 1.29 is 24.5 Å². The molecule has 10 nitrogen and oxygen atoms in total. The monoisotopic (exact) mass is 392 g/mol. The van der Waals surface area contributed by atoms with Crippen molar-refractivity contribution in [3.8, 4) is 0 Å². The van der Waals surface area contributed by atoms with E-state index in [1.54, 1.807) is 13.8 Å². The maximum absolute atomic E-state index is 12.2. The Balaban J connectivity index is 0.00000338. The van der Waals surface area contributed by atoms with Gasteiger partial charge >= 0.3 is 11.7 Å². The number of hydrogen-bond donors (Lipinski definition) is 4. The minimum absolute atomic E-state index is 0. The highest BCUT2D eigenvalue weighted by Gasteiger charge is 2.56. The Morgan fingerprint density at radius 1 is 1.54 bits per heavy atom. The number of carbonyl (C=O) groups excluding carboxylic acids is 1. The molecule has 148 valence electrons. The standard InChI is InChI=1S/C15H24N4O6.ClH/c1-7(2)10(17)12(21)25-11-8(6-20)24-13(15(11,3)23)19-5-4-9(16)18-14(19)22;/h4-5,7-8,10-11,13,20,23H,6,17H2,1-3H3,(H2,16,18,22);1H/t8-,10?,11-,13?,15-;/m1./s1. The predicted molar refractivity (Wildman–Crippen MR) is 94.5 cm³/mol. The van der Waals surface area contributed by atoms with Gasteiger partial charge in [0.15, 0.2) is 12.3 Å². The van der Waals surface area contributed by atoms with E-state index >= 15 is 0 Å². The van der Waals surface area contributed by atoms with Crippen LogP contribution in [0.4, 0.5) is 5.82 Å². The topological polar surface area (TPSA) is 163 Å². The molecule has 1 aliphatic rings. The lowest BCUT2D eigenvalue weighted by atomic mass is 9.95. The van der Waals surface area contributed by atoms with Crippen molar-refractivity contribution in [2.45, 2.75) is 50.8 Å². The highest BCUT2D eigenvalue weighted by Crippen LogP contribution is 2.39. The van der Waals surface area contributed by atoms with E-state index in [4.69, 9.17) is 20.9 Å². The highest BCUT2D eigenvalue weighted by atomic mass is 35.5. The van der Waals surface area contributed by atoms with Crippen LogP contribution < -0.4 is 17.2 Å². The largest absolute Gasteiger partial charge is 0.455 e. The Morgan fingerprint density at radius 2 is 2.15 bits per heavy atom. The van der Waals surface area contributed by atoms with Crippen LogP contribution in [0.25, 0.3) is 0 Å². The predicted octanol–water partition coefficient (Wildman–Crippen LogP) is -1.22. The third kappa shape index (κ3) is 4.15. The highest BCUT2D eigenvalue weighted by molar-refractivity contribution is 5.85. The van der Waals surface area contributed by atoms with Gasteiger partial charge in [0.1, 0.15) is 23.6 Å². The first-order chi connectivity index (χ1) is 11.6. The van der Waals surface area contributed by atoms with Gasteiger partial charge in [0.25, 0.3) is 0 Å². The molecule has 11 heteroatoms. The number of aromatic nitrogens is 2. The summed E-state index contributed by atoms with van der Waals surface area (Å²) in [6.07, 6.45) is -2.17. The lowest BCUT2D eigenvalue weighted by Gasteiger charge is -2.30. The molecular formula is C15H25ClN4O6. The first kappa shape index (κ1) is 22.3. The van der Waals surface area contributed by atoms with Crippen LogP contribution in [0.5, 0.6) is 0 Å². The maximum atomic E-state index is 12.2. The molecule has 0 amide bonds. The van der Waals surface area contributed by atoms with Crippen molar-refractivity contribution >= 4 is 24.2 Å². The Morgan fingerprint density at radius 3 is 2.65 bits per heavy atom. The fourth-order valence-electron chi connectivity index (χ4n) is 2.65. The van der Waals surface area contributed by atoms with E-state index in [0.717, 1.165) is 4.57 Å². The van der Waals surface area contributed by atoms with E-state index in [-0.39, 0.29) is 24.1 Å². The number of anilines is 1. The lowest BCUT2D eigenvalue weighted by molar-refractivity contribution is -0.166. The molecule has 0 saturated carbocycles. The van der Waals surface area contributed by atoms with E-state index in [0.29, 0.717) is 0 Å². The summed E-state index contributed by atoms with van der Waals surface area (Å²) in [5, 5.41) is 20.4. The SMILES string of the molecule is CC(C)C(N)C(=O)O[C@@H]1[C@@H](CO)OC(n2ccc(N)nc2=O)[C@]1(C)O.Cl. The quantitative estimate of drug-likeness (QED) is 0.450. The molecule has 1 aliphatic heterocycles. The molecular weight excluding hydrogens is 368 g/mol.